The molecular weight excluding hydrogens is 334 g/mol. The van der Waals surface area contributed by atoms with Crippen molar-refractivity contribution in [2.75, 3.05) is 6.79 Å². The van der Waals surface area contributed by atoms with E-state index in [4.69, 9.17) is 21.7 Å². The minimum absolute atomic E-state index is 0.175. The van der Waals surface area contributed by atoms with Gasteiger partial charge in [0.1, 0.15) is 0 Å². The molecule has 3 aromatic rings. The molecule has 0 saturated heterocycles. The summed E-state index contributed by atoms with van der Waals surface area (Å²) in [5.41, 5.74) is 4.13. The van der Waals surface area contributed by atoms with E-state index in [1.807, 2.05) is 35.9 Å². The number of rotatable bonds is 3. The second kappa shape index (κ2) is 6.26. The molecule has 1 aliphatic heterocycles. The zero-order valence-electron chi connectivity index (χ0n) is 13.7. The molecule has 2 aromatic carbocycles. The van der Waals surface area contributed by atoms with Gasteiger partial charge in [-0.25, -0.2) is 0 Å². The molecular formula is C20H17NO3S. The van der Waals surface area contributed by atoms with Gasteiger partial charge in [0.05, 0.1) is 10.2 Å². The molecule has 126 valence electrons. The van der Waals surface area contributed by atoms with Crippen LogP contribution in [0.3, 0.4) is 0 Å². The summed E-state index contributed by atoms with van der Waals surface area (Å²) in [4.78, 5) is 0. The molecule has 5 heteroatoms. The van der Waals surface area contributed by atoms with Crippen LogP contribution in [0.1, 0.15) is 11.3 Å². The van der Waals surface area contributed by atoms with Gasteiger partial charge in [0.2, 0.25) is 6.79 Å². The molecule has 0 amide bonds. The van der Waals surface area contributed by atoms with E-state index in [-0.39, 0.29) is 12.5 Å². The predicted octanol–water partition coefficient (Wildman–Crippen LogP) is 4.68. The van der Waals surface area contributed by atoms with Crippen LogP contribution < -0.4 is 9.47 Å². The Balaban J connectivity index is 1.58. The molecule has 0 radical (unpaired) electrons. The average Bonchev–Trinajstić information content (AvgIpc) is 3.10. The fourth-order valence-corrected chi connectivity index (χ4v) is 3.12. The summed E-state index contributed by atoms with van der Waals surface area (Å²) < 4.78 is 13.3. The summed E-state index contributed by atoms with van der Waals surface area (Å²) in [5.74, 6) is 1.75. The molecule has 0 saturated carbocycles. The third kappa shape index (κ3) is 2.98. The van der Waals surface area contributed by atoms with Gasteiger partial charge in [0.15, 0.2) is 17.2 Å². The predicted molar refractivity (Wildman–Crippen MR) is 98.8 cm³/mol. The van der Waals surface area contributed by atoms with Crippen molar-refractivity contribution in [1.29, 1.82) is 0 Å². The average molecular weight is 351 g/mol. The maximum absolute atomic E-state index is 9.99. The van der Waals surface area contributed by atoms with E-state index in [2.05, 4.69) is 24.3 Å². The number of hydrogen-bond donors (Lipinski definition) is 1. The fourth-order valence-electron chi connectivity index (χ4n) is 2.91. The minimum atomic E-state index is 0.175. The first kappa shape index (κ1) is 15.7. The number of benzene rings is 2. The van der Waals surface area contributed by atoms with E-state index < -0.39 is 0 Å². The number of ether oxygens (including phenoxy) is 2. The first-order valence-corrected chi connectivity index (χ1v) is 8.40. The first-order valence-electron chi connectivity index (χ1n) is 8.00. The van der Waals surface area contributed by atoms with Crippen molar-refractivity contribution in [2.45, 2.75) is 13.5 Å². The van der Waals surface area contributed by atoms with Crippen molar-refractivity contribution in [3.63, 3.8) is 0 Å². The smallest absolute Gasteiger partial charge is 0.231 e. The van der Waals surface area contributed by atoms with E-state index in [9.17, 15) is 5.11 Å². The normalized spacial score (nSPS) is 12.4. The Kier molecular flexibility index (Phi) is 3.93. The molecule has 0 spiro atoms. The van der Waals surface area contributed by atoms with Crippen LogP contribution in [0.4, 0.5) is 0 Å². The van der Waals surface area contributed by atoms with Crippen LogP contribution in [0.2, 0.25) is 0 Å². The molecule has 1 N–H and O–H groups in total. The molecule has 1 aliphatic rings. The van der Waals surface area contributed by atoms with Crippen LogP contribution in [0.25, 0.3) is 11.1 Å². The Labute approximate surface area is 150 Å². The summed E-state index contributed by atoms with van der Waals surface area (Å²) in [5, 5.41) is 9.99. The summed E-state index contributed by atoms with van der Waals surface area (Å²) in [6.45, 7) is 2.83. The van der Waals surface area contributed by atoms with Crippen LogP contribution in [-0.4, -0.2) is 16.5 Å². The minimum Gasteiger partial charge on any atom is -0.505 e. The third-order valence-corrected chi connectivity index (χ3v) is 4.75. The number of aromatic nitrogens is 1. The molecule has 2 heterocycles. The first-order chi connectivity index (χ1) is 12.1. The van der Waals surface area contributed by atoms with Crippen LogP contribution in [0.15, 0.2) is 54.7 Å². The van der Waals surface area contributed by atoms with Crippen molar-refractivity contribution >= 4 is 12.2 Å². The van der Waals surface area contributed by atoms with E-state index in [0.29, 0.717) is 11.1 Å². The second-order valence-corrected chi connectivity index (χ2v) is 6.45. The summed E-state index contributed by atoms with van der Waals surface area (Å²) in [6, 6.07) is 16.1. The Morgan fingerprint density at radius 3 is 2.52 bits per heavy atom. The molecule has 4 nitrogen and oxygen atoms in total. The van der Waals surface area contributed by atoms with E-state index in [1.165, 1.54) is 0 Å². The van der Waals surface area contributed by atoms with Crippen molar-refractivity contribution in [3.8, 4) is 28.4 Å². The number of pyridine rings is 1. The Morgan fingerprint density at radius 1 is 1.00 bits per heavy atom. The number of hydrogen-bond acceptors (Lipinski definition) is 4. The fraction of sp³-hybridized carbons (Fsp3) is 0.150. The van der Waals surface area contributed by atoms with Gasteiger partial charge in [-0.2, -0.15) is 0 Å². The lowest BCUT2D eigenvalue weighted by molar-refractivity contribution is 0.174. The van der Waals surface area contributed by atoms with Crippen LogP contribution >= 0.6 is 12.2 Å². The van der Waals surface area contributed by atoms with Crippen molar-refractivity contribution in [2.24, 2.45) is 0 Å². The molecule has 0 bridgehead atoms. The number of nitrogens with zero attached hydrogens (tertiary/aromatic N) is 1. The Bertz CT molecular complexity index is 993. The second-order valence-electron chi connectivity index (χ2n) is 6.01. The summed E-state index contributed by atoms with van der Waals surface area (Å²) in [7, 11) is 0. The molecule has 25 heavy (non-hydrogen) atoms. The Morgan fingerprint density at radius 2 is 1.72 bits per heavy atom. The highest BCUT2D eigenvalue weighted by Gasteiger charge is 2.13. The van der Waals surface area contributed by atoms with Gasteiger partial charge in [-0.15, -0.1) is 0 Å². The molecule has 0 atom stereocenters. The van der Waals surface area contributed by atoms with E-state index in [1.54, 1.807) is 6.07 Å². The quantitative estimate of drug-likeness (QED) is 0.696. The van der Waals surface area contributed by atoms with Gasteiger partial charge in [-0.1, -0.05) is 42.5 Å². The molecule has 0 aliphatic carbocycles. The van der Waals surface area contributed by atoms with Crippen LogP contribution in [0, 0.1) is 11.4 Å². The standard InChI is InChI=1S/C20H17NO3S/c1-13-20(22)19(25)8-9-21(13)11-14-2-4-15(5-3-14)16-6-7-17-18(10-16)24-12-23-17/h2-10,22H,11-12H2,1H3. The molecule has 0 fully saturated rings. The Hall–Kier alpha value is -2.79. The van der Waals surface area contributed by atoms with Crippen molar-refractivity contribution < 1.29 is 14.6 Å². The van der Waals surface area contributed by atoms with Crippen LogP contribution in [0.5, 0.6) is 17.2 Å². The van der Waals surface area contributed by atoms with Gasteiger partial charge >= 0.3 is 0 Å². The van der Waals surface area contributed by atoms with Crippen LogP contribution in [-0.2, 0) is 6.54 Å². The zero-order chi connectivity index (χ0) is 17.4. The lowest BCUT2D eigenvalue weighted by atomic mass is 10.0. The highest BCUT2D eigenvalue weighted by molar-refractivity contribution is 7.71. The summed E-state index contributed by atoms with van der Waals surface area (Å²) >= 11 is 5.09. The highest BCUT2D eigenvalue weighted by Crippen LogP contribution is 2.35. The largest absolute Gasteiger partial charge is 0.505 e. The molecule has 4 rings (SSSR count). The zero-order valence-corrected chi connectivity index (χ0v) is 14.5. The molecule has 0 unspecified atom stereocenters. The topological polar surface area (TPSA) is 43.6 Å². The van der Waals surface area contributed by atoms with Gasteiger partial charge < -0.3 is 19.1 Å². The number of fused-ring (bicyclic) bond motifs is 1. The highest BCUT2D eigenvalue weighted by atomic mass is 32.1. The monoisotopic (exact) mass is 351 g/mol. The molecule has 1 aromatic heterocycles. The number of aromatic hydroxyl groups is 1. The lowest BCUT2D eigenvalue weighted by Gasteiger charge is -2.13. The van der Waals surface area contributed by atoms with Gasteiger partial charge in [0.25, 0.3) is 0 Å². The maximum atomic E-state index is 9.99. The van der Waals surface area contributed by atoms with Gasteiger partial charge in [-0.3, -0.25) is 0 Å². The van der Waals surface area contributed by atoms with Gasteiger partial charge in [0, 0.05) is 12.7 Å². The maximum Gasteiger partial charge on any atom is 0.231 e. The third-order valence-electron chi connectivity index (χ3n) is 4.43. The van der Waals surface area contributed by atoms with Crippen molar-refractivity contribution in [3.05, 3.63) is 70.5 Å². The van der Waals surface area contributed by atoms with Crippen molar-refractivity contribution in [1.82, 2.24) is 4.57 Å². The lowest BCUT2D eigenvalue weighted by Crippen LogP contribution is -2.04. The van der Waals surface area contributed by atoms with E-state index >= 15 is 0 Å². The van der Waals surface area contributed by atoms with E-state index in [0.717, 1.165) is 33.9 Å². The SMILES string of the molecule is Cc1c(O)c(=S)ccn1Cc1ccc(-c2ccc3c(c2)OCO3)cc1. The van der Waals surface area contributed by atoms with Gasteiger partial charge in [-0.05, 0) is 41.8 Å². The summed E-state index contributed by atoms with van der Waals surface area (Å²) in [6.07, 6.45) is 1.91.